The van der Waals surface area contributed by atoms with Crippen molar-refractivity contribution in [3.63, 3.8) is 0 Å². The highest BCUT2D eigenvalue weighted by Crippen LogP contribution is 2.24. The van der Waals surface area contributed by atoms with Crippen LogP contribution in [0.3, 0.4) is 0 Å². The minimum absolute atomic E-state index is 0.0916. The van der Waals surface area contributed by atoms with E-state index in [2.05, 4.69) is 12.2 Å². The molecule has 2 aromatic rings. The maximum absolute atomic E-state index is 13.2. The monoisotopic (exact) mass is 492 g/mol. The van der Waals surface area contributed by atoms with Crippen LogP contribution in [0, 0.1) is 6.92 Å². The number of unbranched alkanes of at least 4 members (excludes halogenated alkanes) is 1. The number of benzene rings is 2. The van der Waals surface area contributed by atoms with Crippen LogP contribution in [0.5, 0.6) is 5.75 Å². The molecular weight excluding hydrogens is 459 g/mol. The summed E-state index contributed by atoms with van der Waals surface area (Å²) in [5.41, 5.74) is 1.99. The summed E-state index contributed by atoms with van der Waals surface area (Å²) in [5, 5.41) is 3.84. The van der Waals surface area contributed by atoms with Gasteiger partial charge in [-0.3, -0.25) is 9.59 Å². The van der Waals surface area contributed by atoms with E-state index < -0.39 is 6.04 Å². The molecule has 2 aromatic carbocycles. The molecule has 0 bridgehead atoms. The number of halogens is 2. The third-order valence-electron chi connectivity index (χ3n) is 5.38. The van der Waals surface area contributed by atoms with Gasteiger partial charge in [-0.25, -0.2) is 0 Å². The topological polar surface area (TPSA) is 58.6 Å². The van der Waals surface area contributed by atoms with Crippen molar-refractivity contribution in [2.45, 2.75) is 65.5 Å². The van der Waals surface area contributed by atoms with Crippen molar-refractivity contribution in [3.8, 4) is 5.75 Å². The Morgan fingerprint density at radius 3 is 2.39 bits per heavy atom. The van der Waals surface area contributed by atoms with Crippen molar-refractivity contribution in [2.24, 2.45) is 0 Å². The number of aryl methyl sites for hydroxylation is 1. The molecule has 1 atom stereocenters. The summed E-state index contributed by atoms with van der Waals surface area (Å²) in [6.45, 7) is 7.32. The van der Waals surface area contributed by atoms with Gasteiger partial charge in [0.25, 0.3) is 0 Å². The van der Waals surface area contributed by atoms with Crippen LogP contribution >= 0.6 is 23.2 Å². The zero-order chi connectivity index (χ0) is 24.2. The third-order valence-corrected chi connectivity index (χ3v) is 6.12. The van der Waals surface area contributed by atoms with Gasteiger partial charge in [0.15, 0.2) is 0 Å². The highest BCUT2D eigenvalue weighted by atomic mass is 35.5. The van der Waals surface area contributed by atoms with Crippen molar-refractivity contribution >= 4 is 35.0 Å². The SMILES string of the molecule is CCCCNC(=O)C(CC)N(Cc1ccc(Cl)c(Cl)c1)C(=O)CCCOc1ccc(C)cc1. The number of amides is 2. The average Bonchev–Trinajstić information content (AvgIpc) is 2.80. The molecular formula is C26H34Cl2N2O3. The van der Waals surface area contributed by atoms with E-state index in [0.29, 0.717) is 36.0 Å². The smallest absolute Gasteiger partial charge is 0.242 e. The minimum atomic E-state index is -0.554. The lowest BCUT2D eigenvalue weighted by atomic mass is 10.1. The first kappa shape index (κ1) is 27.0. The highest BCUT2D eigenvalue weighted by Gasteiger charge is 2.28. The summed E-state index contributed by atoms with van der Waals surface area (Å²) < 4.78 is 5.76. The number of ether oxygens (including phenoxy) is 1. The van der Waals surface area contributed by atoms with Crippen LogP contribution in [0.1, 0.15) is 57.1 Å². The molecule has 0 aliphatic heterocycles. The van der Waals surface area contributed by atoms with Crippen LogP contribution in [-0.2, 0) is 16.1 Å². The molecule has 0 saturated carbocycles. The van der Waals surface area contributed by atoms with E-state index in [9.17, 15) is 9.59 Å². The predicted molar refractivity (Wildman–Crippen MR) is 135 cm³/mol. The molecule has 0 aromatic heterocycles. The van der Waals surface area contributed by atoms with Crippen molar-refractivity contribution in [1.29, 1.82) is 0 Å². The van der Waals surface area contributed by atoms with Gasteiger partial charge in [0.2, 0.25) is 11.8 Å². The van der Waals surface area contributed by atoms with Gasteiger partial charge >= 0.3 is 0 Å². The van der Waals surface area contributed by atoms with Crippen LogP contribution < -0.4 is 10.1 Å². The fourth-order valence-electron chi connectivity index (χ4n) is 3.45. The number of carbonyl (C=O) groups is 2. The van der Waals surface area contributed by atoms with E-state index in [4.69, 9.17) is 27.9 Å². The van der Waals surface area contributed by atoms with Crippen LogP contribution in [0.4, 0.5) is 0 Å². The molecule has 0 radical (unpaired) electrons. The van der Waals surface area contributed by atoms with Crippen LogP contribution in [0.15, 0.2) is 42.5 Å². The summed E-state index contributed by atoms with van der Waals surface area (Å²) in [7, 11) is 0. The first-order valence-corrected chi connectivity index (χ1v) is 12.3. The minimum Gasteiger partial charge on any atom is -0.494 e. The van der Waals surface area contributed by atoms with Crippen LogP contribution in [0.2, 0.25) is 10.0 Å². The maximum Gasteiger partial charge on any atom is 0.242 e. The maximum atomic E-state index is 13.2. The molecule has 33 heavy (non-hydrogen) atoms. The fraction of sp³-hybridized carbons (Fsp3) is 0.462. The van der Waals surface area contributed by atoms with Gasteiger partial charge in [-0.2, -0.15) is 0 Å². The molecule has 7 heteroatoms. The molecule has 2 rings (SSSR count). The number of hydrogen-bond donors (Lipinski definition) is 1. The number of rotatable bonds is 13. The molecule has 1 unspecified atom stereocenters. The summed E-state index contributed by atoms with van der Waals surface area (Å²) in [6, 6.07) is 12.5. The number of hydrogen-bond acceptors (Lipinski definition) is 3. The van der Waals surface area contributed by atoms with Crippen LogP contribution in [-0.4, -0.2) is 35.9 Å². The largest absolute Gasteiger partial charge is 0.494 e. The quantitative estimate of drug-likeness (QED) is 0.339. The lowest BCUT2D eigenvalue weighted by Crippen LogP contribution is -2.49. The standard InChI is InChI=1S/C26H34Cl2N2O3/c1-4-6-15-29-26(32)24(5-2)30(18-20-11-14-22(27)23(28)17-20)25(31)8-7-16-33-21-12-9-19(3)10-13-21/h9-14,17,24H,4-8,15-16,18H2,1-3H3,(H,29,32). The Morgan fingerprint density at radius 2 is 1.76 bits per heavy atom. The van der Waals surface area contributed by atoms with Crippen LogP contribution in [0.25, 0.3) is 0 Å². The molecule has 0 aliphatic rings. The van der Waals surface area contributed by atoms with Gasteiger partial charge in [0, 0.05) is 19.5 Å². The van der Waals surface area contributed by atoms with Crippen molar-refractivity contribution in [3.05, 3.63) is 63.6 Å². The van der Waals surface area contributed by atoms with Crippen molar-refractivity contribution in [1.82, 2.24) is 10.2 Å². The normalized spacial score (nSPS) is 11.7. The zero-order valence-electron chi connectivity index (χ0n) is 19.7. The second-order valence-corrected chi connectivity index (χ2v) is 8.92. The van der Waals surface area contributed by atoms with Gasteiger partial charge < -0.3 is 15.0 Å². The Hall–Kier alpha value is -2.24. The molecule has 0 saturated heterocycles. The second kappa shape index (κ2) is 14.1. The van der Waals surface area contributed by atoms with E-state index in [1.807, 2.05) is 44.2 Å². The summed E-state index contributed by atoms with van der Waals surface area (Å²) in [4.78, 5) is 27.7. The molecule has 1 N–H and O–H groups in total. The molecule has 5 nitrogen and oxygen atoms in total. The lowest BCUT2D eigenvalue weighted by molar-refractivity contribution is -0.141. The van der Waals surface area contributed by atoms with E-state index >= 15 is 0 Å². The van der Waals surface area contributed by atoms with Gasteiger partial charge in [-0.15, -0.1) is 0 Å². The predicted octanol–water partition coefficient (Wildman–Crippen LogP) is 6.18. The average molecular weight is 493 g/mol. The Bertz CT molecular complexity index is 903. The Kier molecular flexibility index (Phi) is 11.6. The number of nitrogens with one attached hydrogen (secondary N) is 1. The Labute approximate surface area is 207 Å². The first-order valence-electron chi connectivity index (χ1n) is 11.6. The van der Waals surface area contributed by atoms with Gasteiger partial charge in [0.1, 0.15) is 11.8 Å². The van der Waals surface area contributed by atoms with Gasteiger partial charge in [-0.05, 0) is 56.0 Å². The third kappa shape index (κ3) is 8.90. The summed E-state index contributed by atoms with van der Waals surface area (Å²) in [6.07, 6.45) is 3.25. The van der Waals surface area contributed by atoms with E-state index in [-0.39, 0.29) is 24.8 Å². The van der Waals surface area contributed by atoms with E-state index in [0.717, 1.165) is 24.2 Å². The van der Waals surface area contributed by atoms with Gasteiger partial charge in [-0.1, -0.05) is 67.2 Å². The first-order chi connectivity index (χ1) is 15.8. The van der Waals surface area contributed by atoms with Crippen molar-refractivity contribution in [2.75, 3.05) is 13.2 Å². The molecule has 0 heterocycles. The molecule has 0 fully saturated rings. The number of nitrogens with zero attached hydrogens (tertiary/aromatic N) is 1. The zero-order valence-corrected chi connectivity index (χ0v) is 21.2. The molecule has 0 spiro atoms. The Balaban J connectivity index is 2.06. The molecule has 180 valence electrons. The van der Waals surface area contributed by atoms with E-state index in [1.54, 1.807) is 17.0 Å². The number of carbonyl (C=O) groups excluding carboxylic acids is 2. The summed E-state index contributed by atoms with van der Waals surface area (Å²) in [5.74, 6) is 0.559. The van der Waals surface area contributed by atoms with Gasteiger partial charge in [0.05, 0.1) is 16.7 Å². The molecule has 0 aliphatic carbocycles. The van der Waals surface area contributed by atoms with E-state index in [1.165, 1.54) is 5.56 Å². The highest BCUT2D eigenvalue weighted by molar-refractivity contribution is 6.42. The fourth-order valence-corrected chi connectivity index (χ4v) is 3.77. The molecule has 2 amide bonds. The lowest BCUT2D eigenvalue weighted by Gasteiger charge is -2.31. The summed E-state index contributed by atoms with van der Waals surface area (Å²) >= 11 is 12.2. The second-order valence-electron chi connectivity index (χ2n) is 8.10. The van der Waals surface area contributed by atoms with Crippen molar-refractivity contribution < 1.29 is 14.3 Å². The Morgan fingerprint density at radius 1 is 1.03 bits per heavy atom.